The van der Waals surface area contributed by atoms with Gasteiger partial charge in [0.15, 0.2) is 11.9 Å². The second kappa shape index (κ2) is 16.7. The Labute approximate surface area is 267 Å². The van der Waals surface area contributed by atoms with E-state index in [4.69, 9.17) is 14.2 Å². The summed E-state index contributed by atoms with van der Waals surface area (Å²) in [5, 5.41) is 28.9. The lowest BCUT2D eigenvalue weighted by molar-refractivity contribution is -0.212. The van der Waals surface area contributed by atoms with E-state index in [0.717, 1.165) is 19.3 Å². The van der Waals surface area contributed by atoms with Crippen molar-refractivity contribution in [3.05, 3.63) is 29.8 Å². The van der Waals surface area contributed by atoms with Crippen molar-refractivity contribution >= 4 is 23.7 Å². The van der Waals surface area contributed by atoms with Crippen molar-refractivity contribution in [2.75, 3.05) is 25.6 Å². The van der Waals surface area contributed by atoms with E-state index in [-0.39, 0.29) is 25.4 Å². The van der Waals surface area contributed by atoms with Crippen LogP contribution in [0.25, 0.3) is 0 Å². The number of aliphatic hydroxyl groups is 2. The van der Waals surface area contributed by atoms with Crippen molar-refractivity contribution in [1.29, 1.82) is 0 Å². The van der Waals surface area contributed by atoms with Crippen molar-refractivity contribution in [1.82, 2.24) is 5.32 Å². The van der Waals surface area contributed by atoms with Crippen LogP contribution in [0.1, 0.15) is 104 Å². The van der Waals surface area contributed by atoms with Gasteiger partial charge in [0.1, 0.15) is 11.7 Å². The fourth-order valence-electron chi connectivity index (χ4n) is 6.51. The second-order valence-corrected chi connectivity index (χ2v) is 12.8. The van der Waals surface area contributed by atoms with Crippen LogP contribution >= 0.6 is 0 Å². The summed E-state index contributed by atoms with van der Waals surface area (Å²) in [7, 11) is 1.32. The highest BCUT2D eigenvalue weighted by atomic mass is 16.7. The molecule has 1 aliphatic heterocycles. The molecule has 0 radical (unpaired) electrons. The molecule has 2 aliphatic rings. The average Bonchev–Trinajstić information content (AvgIpc) is 3.21. The number of rotatable bonds is 20. The lowest BCUT2D eigenvalue weighted by atomic mass is 9.94. The number of anilines is 1. The molecule has 254 valence electrons. The monoisotopic (exact) mass is 634 g/mol. The van der Waals surface area contributed by atoms with E-state index >= 15 is 0 Å². The van der Waals surface area contributed by atoms with Crippen molar-refractivity contribution < 1.29 is 43.5 Å². The fraction of sp³-hybridized carbons (Fsp3) is 0.735. The Hall–Kier alpha value is -2.73. The first-order valence-corrected chi connectivity index (χ1v) is 16.6. The van der Waals surface area contributed by atoms with Gasteiger partial charge >= 0.3 is 18.0 Å². The van der Waals surface area contributed by atoms with Crippen LogP contribution in [0.2, 0.25) is 0 Å². The fourth-order valence-corrected chi connectivity index (χ4v) is 6.51. The van der Waals surface area contributed by atoms with Crippen LogP contribution in [-0.4, -0.2) is 78.1 Å². The lowest BCUT2D eigenvalue weighted by Crippen LogP contribution is -2.53. The number of fused-ring (bicyclic) bond motifs is 1. The SMILES string of the molecule is CCCCCCCCCCCCO[C@H]1O[C@H]([C@H](CC(=O)OCC)NC(=O)Nc2ccc(CC(=O)OC)cc2)[C@@]2(O)C(C)(C)[C@@]12O. The van der Waals surface area contributed by atoms with Crippen molar-refractivity contribution in [3.8, 4) is 0 Å². The molecule has 11 heteroatoms. The maximum Gasteiger partial charge on any atom is 0.319 e. The van der Waals surface area contributed by atoms with Crippen LogP contribution in [0.15, 0.2) is 24.3 Å². The molecular weight excluding hydrogens is 580 g/mol. The number of hydrogen-bond acceptors (Lipinski definition) is 9. The Morgan fingerprint density at radius 1 is 0.889 bits per heavy atom. The normalized spacial score (nSPS) is 25.2. The molecule has 1 saturated heterocycles. The maximum atomic E-state index is 13.1. The third kappa shape index (κ3) is 8.55. The molecule has 45 heavy (non-hydrogen) atoms. The molecule has 5 atom stereocenters. The zero-order valence-corrected chi connectivity index (χ0v) is 27.7. The number of carbonyl (C=O) groups excluding carboxylic acids is 3. The molecule has 1 heterocycles. The summed E-state index contributed by atoms with van der Waals surface area (Å²) in [6.45, 7) is 7.83. The Morgan fingerprint density at radius 2 is 1.49 bits per heavy atom. The van der Waals surface area contributed by atoms with E-state index in [1.165, 1.54) is 52.1 Å². The Morgan fingerprint density at radius 3 is 2.07 bits per heavy atom. The zero-order chi connectivity index (χ0) is 33.1. The molecule has 3 rings (SSSR count). The summed E-state index contributed by atoms with van der Waals surface area (Å²) < 4.78 is 21.9. The molecule has 1 aromatic rings. The molecule has 1 aromatic carbocycles. The Balaban J connectivity index is 1.59. The number of ether oxygens (including phenoxy) is 4. The number of hydrogen-bond donors (Lipinski definition) is 4. The minimum absolute atomic E-state index is 0.101. The number of urea groups is 1. The van der Waals surface area contributed by atoms with Gasteiger partial charge < -0.3 is 39.8 Å². The summed E-state index contributed by atoms with van der Waals surface area (Å²) in [5.74, 6) is -0.961. The van der Waals surface area contributed by atoms with Gasteiger partial charge in [-0.05, 0) is 31.0 Å². The largest absolute Gasteiger partial charge is 0.469 e. The van der Waals surface area contributed by atoms with Crippen LogP contribution in [0.4, 0.5) is 10.5 Å². The molecule has 11 nitrogen and oxygen atoms in total. The number of amides is 2. The number of unbranched alkanes of at least 4 members (excludes halogenated alkanes) is 9. The first kappa shape index (κ1) is 36.7. The van der Waals surface area contributed by atoms with Gasteiger partial charge in [-0.3, -0.25) is 9.59 Å². The predicted molar refractivity (Wildman–Crippen MR) is 169 cm³/mol. The highest BCUT2D eigenvalue weighted by Gasteiger charge is 2.93. The Kier molecular flexibility index (Phi) is 13.6. The van der Waals surface area contributed by atoms with Crippen molar-refractivity contribution in [3.63, 3.8) is 0 Å². The first-order valence-electron chi connectivity index (χ1n) is 16.6. The summed E-state index contributed by atoms with van der Waals surface area (Å²) in [6, 6.07) is 4.97. The van der Waals surface area contributed by atoms with E-state index in [9.17, 15) is 24.6 Å². The van der Waals surface area contributed by atoms with E-state index in [0.29, 0.717) is 17.9 Å². The summed E-state index contributed by atoms with van der Waals surface area (Å²) in [4.78, 5) is 37.2. The molecule has 4 N–H and O–H groups in total. The Bertz CT molecular complexity index is 1110. The van der Waals surface area contributed by atoms with E-state index in [1.54, 1.807) is 45.0 Å². The molecule has 0 spiro atoms. The maximum absolute atomic E-state index is 13.1. The van der Waals surface area contributed by atoms with Gasteiger partial charge in [0.25, 0.3) is 0 Å². The van der Waals surface area contributed by atoms with Gasteiger partial charge in [-0.25, -0.2) is 4.79 Å². The van der Waals surface area contributed by atoms with E-state index in [1.807, 2.05) is 0 Å². The van der Waals surface area contributed by atoms with Crippen LogP contribution in [0.3, 0.4) is 0 Å². The highest BCUT2D eigenvalue weighted by molar-refractivity contribution is 5.90. The average molecular weight is 635 g/mol. The van der Waals surface area contributed by atoms with Gasteiger partial charge in [0, 0.05) is 17.7 Å². The third-order valence-corrected chi connectivity index (χ3v) is 9.38. The minimum atomic E-state index is -1.78. The molecule has 2 amide bonds. The number of methoxy groups -OCH3 is 1. The molecule has 1 aliphatic carbocycles. The van der Waals surface area contributed by atoms with Gasteiger partial charge in [0.05, 0.1) is 32.6 Å². The van der Waals surface area contributed by atoms with Gasteiger partial charge in [-0.1, -0.05) is 90.7 Å². The zero-order valence-electron chi connectivity index (χ0n) is 27.7. The number of esters is 2. The smallest absolute Gasteiger partial charge is 0.319 e. The summed E-state index contributed by atoms with van der Waals surface area (Å²) in [5.41, 5.74) is -3.35. The number of carbonyl (C=O) groups is 3. The molecule has 1 saturated carbocycles. The number of nitrogens with one attached hydrogen (secondary N) is 2. The summed E-state index contributed by atoms with van der Waals surface area (Å²) in [6.07, 6.45) is 9.31. The van der Waals surface area contributed by atoms with Crippen molar-refractivity contribution in [2.24, 2.45) is 5.41 Å². The topological polar surface area (TPSA) is 153 Å². The molecule has 2 fully saturated rings. The summed E-state index contributed by atoms with van der Waals surface area (Å²) >= 11 is 0. The molecule has 0 unspecified atom stereocenters. The second-order valence-electron chi connectivity index (χ2n) is 12.8. The molecule has 0 bridgehead atoms. The lowest BCUT2D eigenvalue weighted by Gasteiger charge is -2.32. The minimum Gasteiger partial charge on any atom is -0.469 e. The van der Waals surface area contributed by atoms with Gasteiger partial charge in [-0.2, -0.15) is 0 Å². The third-order valence-electron chi connectivity index (χ3n) is 9.38. The van der Waals surface area contributed by atoms with E-state index in [2.05, 4.69) is 22.3 Å². The highest BCUT2D eigenvalue weighted by Crippen LogP contribution is 2.73. The van der Waals surface area contributed by atoms with Gasteiger partial charge in [0.2, 0.25) is 0 Å². The van der Waals surface area contributed by atoms with Gasteiger partial charge in [-0.15, -0.1) is 0 Å². The first-order chi connectivity index (χ1) is 21.5. The molecular formula is C34H54N2O9. The van der Waals surface area contributed by atoms with Crippen LogP contribution in [0.5, 0.6) is 0 Å². The van der Waals surface area contributed by atoms with Crippen molar-refractivity contribution in [2.45, 2.75) is 134 Å². The van der Waals surface area contributed by atoms with Crippen LogP contribution in [0, 0.1) is 5.41 Å². The standard InChI is InChI=1S/C34H54N2O9/c1-6-8-9-10-11-12-13-14-15-16-21-44-30-34(41)32(3,4)33(34,40)29(45-30)26(23-28(38)43-7-2)36-31(39)35-25-19-17-24(18-20-25)22-27(37)42-5/h17-20,26,29-30,40-41H,6-16,21-23H2,1-5H3,(H2,35,36,39)/t26-,29+,30-,33+,34-/m0/s1. The van der Waals surface area contributed by atoms with Crippen LogP contribution in [-0.2, 0) is 35.0 Å². The van der Waals surface area contributed by atoms with Crippen LogP contribution < -0.4 is 10.6 Å². The molecule has 0 aromatic heterocycles. The predicted octanol–water partition coefficient (Wildman–Crippen LogP) is 5.01. The quantitative estimate of drug-likeness (QED) is 0.115. The van der Waals surface area contributed by atoms with E-state index < -0.39 is 47.1 Å². The number of benzene rings is 1.